The summed E-state index contributed by atoms with van der Waals surface area (Å²) in [7, 11) is 0. The number of rotatable bonds is 4. The van der Waals surface area contributed by atoms with Crippen molar-refractivity contribution in [2.75, 3.05) is 19.8 Å². The van der Waals surface area contributed by atoms with Gasteiger partial charge in [0.05, 0.1) is 25.4 Å². The molecule has 0 unspecified atom stereocenters. The van der Waals surface area contributed by atoms with Gasteiger partial charge in [0, 0.05) is 12.6 Å². The van der Waals surface area contributed by atoms with Crippen LogP contribution in [0.1, 0.15) is 24.8 Å². The number of carbonyl (C=O) groups excluding carboxylic acids is 1. The van der Waals surface area contributed by atoms with Crippen LogP contribution in [0.15, 0.2) is 30.3 Å². The van der Waals surface area contributed by atoms with Gasteiger partial charge in [-0.15, -0.1) is 0 Å². The lowest BCUT2D eigenvalue weighted by molar-refractivity contribution is -0.157. The average Bonchev–Trinajstić information content (AvgIpc) is 2.56. The van der Waals surface area contributed by atoms with Gasteiger partial charge in [0.1, 0.15) is 0 Å². The lowest BCUT2D eigenvalue weighted by atomic mass is 9.90. The first-order valence-corrected chi connectivity index (χ1v) is 8.13. The fourth-order valence-corrected chi connectivity index (χ4v) is 3.20. The molecule has 1 saturated carbocycles. The van der Waals surface area contributed by atoms with Crippen LogP contribution in [-0.4, -0.2) is 44.0 Å². The third-order valence-electron chi connectivity index (χ3n) is 4.36. The summed E-state index contributed by atoms with van der Waals surface area (Å²) in [4.78, 5) is 12.0. The van der Waals surface area contributed by atoms with E-state index >= 15 is 0 Å². The highest BCUT2D eigenvalue weighted by atomic mass is 16.6. The van der Waals surface area contributed by atoms with E-state index in [0.29, 0.717) is 19.8 Å². The molecular formula is C17H24N2O3. The zero-order valence-electron chi connectivity index (χ0n) is 12.8. The van der Waals surface area contributed by atoms with Gasteiger partial charge in [-0.1, -0.05) is 30.3 Å². The molecule has 22 heavy (non-hydrogen) atoms. The van der Waals surface area contributed by atoms with Crippen molar-refractivity contribution in [3.63, 3.8) is 0 Å². The Kier molecular flexibility index (Phi) is 5.29. The molecule has 1 heterocycles. The van der Waals surface area contributed by atoms with Gasteiger partial charge in [-0.2, -0.15) is 0 Å². The van der Waals surface area contributed by atoms with Crippen LogP contribution in [-0.2, 0) is 15.9 Å². The van der Waals surface area contributed by atoms with Gasteiger partial charge >= 0.3 is 6.03 Å². The molecule has 2 amide bonds. The van der Waals surface area contributed by atoms with Gasteiger partial charge in [-0.05, 0) is 31.2 Å². The molecule has 1 saturated heterocycles. The summed E-state index contributed by atoms with van der Waals surface area (Å²) >= 11 is 0. The summed E-state index contributed by atoms with van der Waals surface area (Å²) in [5.41, 5.74) is 1.23. The fraction of sp³-hybridized carbons (Fsp3) is 0.588. The van der Waals surface area contributed by atoms with Crippen molar-refractivity contribution in [1.82, 2.24) is 10.6 Å². The molecule has 0 radical (unpaired) electrons. The molecule has 1 aliphatic heterocycles. The van der Waals surface area contributed by atoms with Gasteiger partial charge in [0.25, 0.3) is 0 Å². The minimum Gasteiger partial charge on any atom is -0.373 e. The standard InChI is InChI=1S/C17H24N2O3/c20-17(18-9-8-13-4-2-1-3-5-13)19-14-6-7-15-16(12-14)22-11-10-21-15/h1-5,14-16H,6-12H2,(H2,18,19,20)/t14-,15-,16-/m1/s1. The third kappa shape index (κ3) is 4.21. The lowest BCUT2D eigenvalue weighted by Gasteiger charge is -2.39. The Balaban J connectivity index is 1.37. The van der Waals surface area contributed by atoms with Gasteiger partial charge in [0.2, 0.25) is 0 Å². The summed E-state index contributed by atoms with van der Waals surface area (Å²) < 4.78 is 11.4. The molecule has 1 aromatic carbocycles. The molecule has 2 fully saturated rings. The number of carbonyl (C=O) groups is 1. The number of hydrogen-bond acceptors (Lipinski definition) is 3. The number of ether oxygens (including phenoxy) is 2. The van der Waals surface area contributed by atoms with Crippen LogP contribution in [0.4, 0.5) is 4.79 Å². The zero-order valence-corrected chi connectivity index (χ0v) is 12.8. The maximum atomic E-state index is 12.0. The van der Waals surface area contributed by atoms with E-state index in [1.165, 1.54) is 5.56 Å². The Bertz CT molecular complexity index is 480. The molecule has 0 aromatic heterocycles. The summed E-state index contributed by atoms with van der Waals surface area (Å²) in [5, 5.41) is 5.98. The van der Waals surface area contributed by atoms with Gasteiger partial charge in [-0.3, -0.25) is 0 Å². The fourth-order valence-electron chi connectivity index (χ4n) is 3.20. The first kappa shape index (κ1) is 15.3. The van der Waals surface area contributed by atoms with Crippen molar-refractivity contribution in [3.05, 3.63) is 35.9 Å². The number of nitrogens with one attached hydrogen (secondary N) is 2. The second kappa shape index (κ2) is 7.61. The molecule has 120 valence electrons. The second-order valence-corrected chi connectivity index (χ2v) is 5.96. The largest absolute Gasteiger partial charge is 0.373 e. The lowest BCUT2D eigenvalue weighted by Crippen LogP contribution is -2.51. The highest BCUT2D eigenvalue weighted by Crippen LogP contribution is 2.26. The molecule has 2 N–H and O–H groups in total. The van der Waals surface area contributed by atoms with Crippen molar-refractivity contribution in [1.29, 1.82) is 0 Å². The molecule has 5 heteroatoms. The highest BCUT2D eigenvalue weighted by molar-refractivity contribution is 5.74. The van der Waals surface area contributed by atoms with E-state index in [4.69, 9.17) is 9.47 Å². The van der Waals surface area contributed by atoms with Crippen LogP contribution in [0, 0.1) is 0 Å². The Morgan fingerprint density at radius 2 is 1.86 bits per heavy atom. The monoisotopic (exact) mass is 304 g/mol. The van der Waals surface area contributed by atoms with Crippen LogP contribution in [0.3, 0.4) is 0 Å². The highest BCUT2D eigenvalue weighted by Gasteiger charge is 2.34. The maximum Gasteiger partial charge on any atom is 0.315 e. The Morgan fingerprint density at radius 1 is 1.09 bits per heavy atom. The summed E-state index contributed by atoms with van der Waals surface area (Å²) in [6, 6.07) is 10.3. The Hall–Kier alpha value is -1.59. The van der Waals surface area contributed by atoms with Crippen molar-refractivity contribution in [2.45, 2.75) is 43.9 Å². The van der Waals surface area contributed by atoms with Gasteiger partial charge in [-0.25, -0.2) is 4.79 Å². The van der Waals surface area contributed by atoms with E-state index in [2.05, 4.69) is 22.8 Å². The third-order valence-corrected chi connectivity index (χ3v) is 4.36. The molecule has 2 aliphatic rings. The number of hydrogen-bond donors (Lipinski definition) is 2. The van der Waals surface area contributed by atoms with Crippen LogP contribution in [0.2, 0.25) is 0 Å². The predicted molar refractivity (Wildman–Crippen MR) is 83.8 cm³/mol. The van der Waals surface area contributed by atoms with Crippen LogP contribution in [0.5, 0.6) is 0 Å². The molecule has 0 bridgehead atoms. The number of amides is 2. The Morgan fingerprint density at radius 3 is 2.68 bits per heavy atom. The van der Waals surface area contributed by atoms with Crippen molar-refractivity contribution < 1.29 is 14.3 Å². The minimum absolute atomic E-state index is 0.0869. The minimum atomic E-state index is -0.0869. The molecule has 3 rings (SSSR count). The van der Waals surface area contributed by atoms with Crippen LogP contribution < -0.4 is 10.6 Å². The quantitative estimate of drug-likeness (QED) is 0.893. The van der Waals surface area contributed by atoms with Gasteiger partial charge in [0.15, 0.2) is 0 Å². The SMILES string of the molecule is O=C(NCCc1ccccc1)N[C@@H]1CC[C@H]2OCCO[C@@H]2C1. The first-order chi connectivity index (χ1) is 10.8. The van der Waals surface area contributed by atoms with E-state index in [9.17, 15) is 4.79 Å². The number of urea groups is 1. The van der Waals surface area contributed by atoms with Crippen molar-refractivity contribution in [2.24, 2.45) is 0 Å². The summed E-state index contributed by atoms with van der Waals surface area (Å²) in [6.45, 7) is 2.00. The molecular weight excluding hydrogens is 280 g/mol. The topological polar surface area (TPSA) is 59.6 Å². The Labute approximate surface area is 131 Å². The zero-order chi connectivity index (χ0) is 15.2. The normalized spacial score (nSPS) is 27.7. The van der Waals surface area contributed by atoms with E-state index in [1.807, 2.05) is 18.2 Å². The smallest absolute Gasteiger partial charge is 0.315 e. The van der Waals surface area contributed by atoms with Gasteiger partial charge < -0.3 is 20.1 Å². The molecule has 1 aliphatic carbocycles. The van der Waals surface area contributed by atoms with Crippen molar-refractivity contribution in [3.8, 4) is 0 Å². The first-order valence-electron chi connectivity index (χ1n) is 8.13. The van der Waals surface area contributed by atoms with Crippen LogP contribution >= 0.6 is 0 Å². The maximum absolute atomic E-state index is 12.0. The summed E-state index contributed by atoms with van der Waals surface area (Å²) in [6.07, 6.45) is 3.96. The van der Waals surface area contributed by atoms with Crippen molar-refractivity contribution >= 4 is 6.03 Å². The molecule has 1 aromatic rings. The summed E-state index contributed by atoms with van der Waals surface area (Å²) in [5.74, 6) is 0. The van der Waals surface area contributed by atoms with E-state index < -0.39 is 0 Å². The van der Waals surface area contributed by atoms with E-state index in [-0.39, 0.29) is 24.3 Å². The van der Waals surface area contributed by atoms with Crippen LogP contribution in [0.25, 0.3) is 0 Å². The number of fused-ring (bicyclic) bond motifs is 1. The second-order valence-electron chi connectivity index (χ2n) is 5.96. The van der Waals surface area contributed by atoms with E-state index in [1.54, 1.807) is 0 Å². The molecule has 5 nitrogen and oxygen atoms in total. The number of benzene rings is 1. The molecule has 3 atom stereocenters. The van der Waals surface area contributed by atoms with E-state index in [0.717, 1.165) is 25.7 Å². The average molecular weight is 304 g/mol. The molecule has 0 spiro atoms. The predicted octanol–water partition coefficient (Wildman–Crippen LogP) is 1.86.